The number of rotatable bonds is 1. The molecule has 0 aromatic heterocycles. The highest BCUT2D eigenvalue weighted by Gasteiger charge is 2.52. The summed E-state index contributed by atoms with van der Waals surface area (Å²) in [7, 11) is 1.39. The van der Waals surface area contributed by atoms with Crippen molar-refractivity contribution in [3.63, 3.8) is 0 Å². The number of hydrogen-bond donors (Lipinski definition) is 1. The number of carbonyl (C=O) groups is 2. The minimum atomic E-state index is -0.212. The average Bonchev–Trinajstić information content (AvgIpc) is 2.29. The van der Waals surface area contributed by atoms with Crippen molar-refractivity contribution in [2.75, 3.05) is 12.4 Å². The van der Waals surface area contributed by atoms with Crippen LogP contribution in [-0.4, -0.2) is 19.0 Å². The monoisotopic (exact) mass is 231 g/mol. The van der Waals surface area contributed by atoms with E-state index in [2.05, 4.69) is 5.32 Å². The normalized spacial score (nSPS) is 29.5. The molecule has 88 valence electrons. The van der Waals surface area contributed by atoms with Gasteiger partial charge in [-0.1, -0.05) is 18.2 Å². The number of nitrogens with one attached hydrogen (secondary N) is 1. The molecule has 1 aromatic carbocycles. The van der Waals surface area contributed by atoms with E-state index in [0.29, 0.717) is 6.42 Å². The first-order valence-corrected chi connectivity index (χ1v) is 5.70. The Morgan fingerprint density at radius 1 is 1.41 bits per heavy atom. The summed E-state index contributed by atoms with van der Waals surface area (Å²) in [6.45, 7) is 0. The third kappa shape index (κ3) is 1.37. The summed E-state index contributed by atoms with van der Waals surface area (Å²) in [6, 6.07) is 7.66. The molecule has 17 heavy (non-hydrogen) atoms. The van der Waals surface area contributed by atoms with Gasteiger partial charge in [0, 0.05) is 17.5 Å². The molecular formula is C13H13NO3. The number of esters is 1. The predicted octanol–water partition coefficient (Wildman–Crippen LogP) is 1.53. The van der Waals surface area contributed by atoms with Gasteiger partial charge in [-0.15, -0.1) is 0 Å². The molecule has 0 spiro atoms. The van der Waals surface area contributed by atoms with Crippen molar-refractivity contribution in [2.45, 2.75) is 12.3 Å². The van der Waals surface area contributed by atoms with Gasteiger partial charge in [0.05, 0.1) is 13.0 Å². The molecule has 1 saturated carbocycles. The molecule has 1 heterocycles. The van der Waals surface area contributed by atoms with Crippen molar-refractivity contribution in [2.24, 2.45) is 11.8 Å². The third-order valence-electron chi connectivity index (χ3n) is 3.79. The molecule has 0 unspecified atom stereocenters. The maximum absolute atomic E-state index is 11.8. The van der Waals surface area contributed by atoms with E-state index in [0.717, 1.165) is 11.3 Å². The van der Waals surface area contributed by atoms with E-state index in [1.165, 1.54) is 7.11 Å². The minimum Gasteiger partial charge on any atom is -0.469 e. The number of benzene rings is 1. The Kier molecular flexibility index (Phi) is 2.18. The van der Waals surface area contributed by atoms with Gasteiger partial charge < -0.3 is 10.1 Å². The number of carbonyl (C=O) groups excluding carboxylic acids is 2. The molecule has 1 aliphatic heterocycles. The van der Waals surface area contributed by atoms with E-state index < -0.39 is 0 Å². The van der Waals surface area contributed by atoms with Gasteiger partial charge in [-0.3, -0.25) is 9.59 Å². The summed E-state index contributed by atoms with van der Waals surface area (Å²) < 4.78 is 4.78. The highest BCUT2D eigenvalue weighted by molar-refractivity contribution is 5.99. The van der Waals surface area contributed by atoms with Crippen molar-refractivity contribution in [3.8, 4) is 0 Å². The summed E-state index contributed by atoms with van der Waals surface area (Å²) in [5.41, 5.74) is 1.88. The molecule has 0 bridgehead atoms. The van der Waals surface area contributed by atoms with Crippen LogP contribution in [0.3, 0.4) is 0 Å². The van der Waals surface area contributed by atoms with E-state index in [9.17, 15) is 9.59 Å². The van der Waals surface area contributed by atoms with Crippen LogP contribution in [0.2, 0.25) is 0 Å². The second kappa shape index (κ2) is 3.58. The zero-order valence-corrected chi connectivity index (χ0v) is 9.47. The zero-order valence-electron chi connectivity index (χ0n) is 9.47. The molecule has 3 atom stereocenters. The van der Waals surface area contributed by atoms with Gasteiger partial charge >= 0.3 is 5.97 Å². The van der Waals surface area contributed by atoms with Crippen molar-refractivity contribution >= 4 is 17.6 Å². The molecule has 2 aliphatic rings. The summed E-state index contributed by atoms with van der Waals surface area (Å²) in [5.74, 6) is -0.441. The highest BCUT2D eigenvalue weighted by atomic mass is 16.5. The Bertz CT molecular complexity index is 497. The standard InChI is InChI=1S/C13H13NO3/c1-17-13(16)9-6-8-11(9)7-4-2-3-5-10(7)14-12(8)15/h2-5,8-9,11H,6H2,1H3,(H,14,15)/t8-,9-,11-/m1/s1. The lowest BCUT2D eigenvalue weighted by molar-refractivity contribution is -0.153. The number of amides is 1. The van der Waals surface area contributed by atoms with E-state index in [4.69, 9.17) is 4.74 Å². The first-order chi connectivity index (χ1) is 8.22. The summed E-state index contributed by atoms with van der Waals surface area (Å²) >= 11 is 0. The van der Waals surface area contributed by atoms with Crippen LogP contribution in [0, 0.1) is 11.8 Å². The van der Waals surface area contributed by atoms with Crippen LogP contribution in [-0.2, 0) is 14.3 Å². The molecule has 4 heteroatoms. The van der Waals surface area contributed by atoms with Crippen LogP contribution >= 0.6 is 0 Å². The van der Waals surface area contributed by atoms with Crippen LogP contribution in [0.15, 0.2) is 24.3 Å². The van der Waals surface area contributed by atoms with E-state index in [1.807, 2.05) is 24.3 Å². The summed E-state index contributed by atoms with van der Waals surface area (Å²) in [6.07, 6.45) is 0.595. The van der Waals surface area contributed by atoms with Crippen LogP contribution in [0.1, 0.15) is 17.9 Å². The van der Waals surface area contributed by atoms with Gasteiger partial charge in [-0.05, 0) is 18.1 Å². The van der Waals surface area contributed by atoms with Gasteiger partial charge in [0.1, 0.15) is 0 Å². The molecule has 0 radical (unpaired) electrons. The number of hydrogen-bond acceptors (Lipinski definition) is 3. The quantitative estimate of drug-likeness (QED) is 0.746. The largest absolute Gasteiger partial charge is 0.469 e. The Morgan fingerprint density at radius 3 is 2.94 bits per heavy atom. The number of anilines is 1. The van der Waals surface area contributed by atoms with Gasteiger partial charge in [0.2, 0.25) is 5.91 Å². The summed E-state index contributed by atoms with van der Waals surface area (Å²) in [5, 5.41) is 2.88. The van der Waals surface area contributed by atoms with Gasteiger partial charge in [0.15, 0.2) is 0 Å². The lowest BCUT2D eigenvalue weighted by Gasteiger charge is -2.45. The molecule has 1 fully saturated rings. The predicted molar refractivity (Wildman–Crippen MR) is 61.4 cm³/mol. The molecular weight excluding hydrogens is 218 g/mol. The average molecular weight is 231 g/mol. The number of ether oxygens (including phenoxy) is 1. The topological polar surface area (TPSA) is 55.4 Å². The Hall–Kier alpha value is -1.84. The third-order valence-corrected chi connectivity index (χ3v) is 3.79. The lowest BCUT2D eigenvalue weighted by atomic mass is 9.60. The van der Waals surface area contributed by atoms with E-state index in [-0.39, 0.29) is 29.6 Å². The van der Waals surface area contributed by atoms with Gasteiger partial charge in [0.25, 0.3) is 0 Å². The molecule has 3 rings (SSSR count). The Labute approximate surface area is 99.0 Å². The van der Waals surface area contributed by atoms with Crippen molar-refractivity contribution in [1.82, 2.24) is 0 Å². The maximum atomic E-state index is 11.8. The molecule has 0 saturated heterocycles. The fraction of sp³-hybridized carbons (Fsp3) is 0.385. The lowest BCUT2D eigenvalue weighted by Crippen LogP contribution is -2.49. The van der Waals surface area contributed by atoms with Gasteiger partial charge in [-0.25, -0.2) is 0 Å². The van der Waals surface area contributed by atoms with Crippen molar-refractivity contribution in [1.29, 1.82) is 0 Å². The highest BCUT2D eigenvalue weighted by Crippen LogP contribution is 2.52. The SMILES string of the molecule is COC(=O)[C@@H]1C[C@H]2C(=O)Nc3ccccc3[C@H]21. The molecule has 4 nitrogen and oxygen atoms in total. The van der Waals surface area contributed by atoms with Crippen LogP contribution < -0.4 is 5.32 Å². The van der Waals surface area contributed by atoms with E-state index in [1.54, 1.807) is 0 Å². The van der Waals surface area contributed by atoms with Gasteiger partial charge in [-0.2, -0.15) is 0 Å². The zero-order chi connectivity index (χ0) is 12.0. The summed E-state index contributed by atoms with van der Waals surface area (Å²) in [4.78, 5) is 23.4. The van der Waals surface area contributed by atoms with Crippen LogP contribution in [0.5, 0.6) is 0 Å². The van der Waals surface area contributed by atoms with Crippen molar-refractivity contribution < 1.29 is 14.3 Å². The van der Waals surface area contributed by atoms with E-state index >= 15 is 0 Å². The Balaban J connectivity index is 2.00. The first-order valence-electron chi connectivity index (χ1n) is 5.70. The molecule has 1 aliphatic carbocycles. The smallest absolute Gasteiger partial charge is 0.309 e. The molecule has 1 N–H and O–H groups in total. The fourth-order valence-corrected chi connectivity index (χ4v) is 2.88. The van der Waals surface area contributed by atoms with Crippen LogP contribution in [0.25, 0.3) is 0 Å². The Morgan fingerprint density at radius 2 is 2.18 bits per heavy atom. The second-order valence-corrected chi connectivity index (χ2v) is 4.57. The fourth-order valence-electron chi connectivity index (χ4n) is 2.88. The number of fused-ring (bicyclic) bond motifs is 3. The van der Waals surface area contributed by atoms with Crippen LogP contribution in [0.4, 0.5) is 5.69 Å². The first kappa shape index (κ1) is 10.3. The molecule has 1 aromatic rings. The molecule has 1 amide bonds. The number of methoxy groups -OCH3 is 1. The number of para-hydroxylation sites is 1. The van der Waals surface area contributed by atoms with Crippen molar-refractivity contribution in [3.05, 3.63) is 29.8 Å². The second-order valence-electron chi connectivity index (χ2n) is 4.57. The minimum absolute atomic E-state index is 0.00704. The maximum Gasteiger partial charge on any atom is 0.309 e.